The smallest absolute Gasteiger partial charge is 0.238 e. The summed E-state index contributed by atoms with van der Waals surface area (Å²) >= 11 is 1.98. The van der Waals surface area contributed by atoms with Crippen LogP contribution in [0, 0.1) is 15.2 Å². The van der Waals surface area contributed by atoms with Gasteiger partial charge in [-0.1, -0.05) is 12.1 Å². The van der Waals surface area contributed by atoms with Crippen LogP contribution in [0.1, 0.15) is 30.4 Å². The van der Waals surface area contributed by atoms with Gasteiger partial charge < -0.3 is 4.42 Å². The van der Waals surface area contributed by atoms with Gasteiger partial charge in [-0.2, -0.15) is 0 Å². The number of anilines is 1. The Hall–Kier alpha value is -2.01. The second-order valence-corrected chi connectivity index (χ2v) is 10.4. The molecule has 1 fully saturated rings. The van der Waals surface area contributed by atoms with Crippen molar-refractivity contribution in [2.45, 2.75) is 30.4 Å². The molecule has 1 aromatic heterocycles. The Bertz CT molecular complexity index is 1220. The minimum Gasteiger partial charge on any atom is -0.443 e. The molecule has 5 nitrogen and oxygen atoms in total. The third-order valence-corrected chi connectivity index (χ3v) is 8.06. The Kier molecular flexibility index (Phi) is 5.14. The van der Waals surface area contributed by atoms with E-state index in [0.29, 0.717) is 22.8 Å². The molecular formula is C20H17F2IN2O3S. The van der Waals surface area contributed by atoms with Crippen LogP contribution >= 0.6 is 22.6 Å². The van der Waals surface area contributed by atoms with Gasteiger partial charge in [0.05, 0.1) is 10.4 Å². The summed E-state index contributed by atoms with van der Waals surface area (Å²) in [5.74, 6) is -1.23. The van der Waals surface area contributed by atoms with Gasteiger partial charge in [0.1, 0.15) is 11.3 Å². The second kappa shape index (κ2) is 7.35. The van der Waals surface area contributed by atoms with E-state index in [1.165, 1.54) is 12.1 Å². The summed E-state index contributed by atoms with van der Waals surface area (Å²) in [7, 11) is -3.81. The summed E-state index contributed by atoms with van der Waals surface area (Å²) in [6.07, 6.45) is 3.82. The fraction of sp³-hybridized carbons (Fsp3) is 0.250. The van der Waals surface area contributed by atoms with E-state index in [4.69, 9.17) is 4.42 Å². The van der Waals surface area contributed by atoms with Gasteiger partial charge in [-0.15, -0.1) is 6.58 Å². The topological polar surface area (TPSA) is 72.2 Å². The predicted octanol–water partition coefficient (Wildman–Crippen LogP) is 5.15. The molecule has 0 amide bonds. The monoisotopic (exact) mass is 530 g/mol. The van der Waals surface area contributed by atoms with E-state index in [9.17, 15) is 12.8 Å². The third kappa shape index (κ3) is 3.65. The highest BCUT2D eigenvalue weighted by Crippen LogP contribution is 2.47. The number of benzene rings is 2. The van der Waals surface area contributed by atoms with E-state index in [0.717, 1.165) is 6.39 Å². The molecule has 29 heavy (non-hydrogen) atoms. The number of allylic oxidation sites excluding steroid dienone is 1. The largest absolute Gasteiger partial charge is 0.443 e. The number of oxazole rings is 1. The molecule has 1 N–H and O–H groups in total. The fourth-order valence-corrected chi connectivity index (χ4v) is 5.48. The van der Waals surface area contributed by atoms with Crippen molar-refractivity contribution in [3.05, 3.63) is 69.6 Å². The maximum Gasteiger partial charge on any atom is 0.238 e. The molecule has 0 spiro atoms. The molecule has 4 rings (SSSR count). The van der Waals surface area contributed by atoms with Crippen LogP contribution in [0.5, 0.6) is 0 Å². The molecule has 0 radical (unpaired) electrons. The normalized spacial score (nSPS) is 15.4. The number of rotatable bonds is 7. The summed E-state index contributed by atoms with van der Waals surface area (Å²) in [6, 6.07) is 6.00. The van der Waals surface area contributed by atoms with Crippen molar-refractivity contribution in [1.29, 1.82) is 0 Å². The quantitative estimate of drug-likeness (QED) is 0.339. The summed E-state index contributed by atoms with van der Waals surface area (Å²) in [5, 5.41) is 0. The first-order valence-electron chi connectivity index (χ1n) is 8.88. The van der Waals surface area contributed by atoms with Crippen LogP contribution in [0.4, 0.5) is 14.5 Å². The molecule has 0 aliphatic heterocycles. The van der Waals surface area contributed by atoms with E-state index >= 15 is 4.39 Å². The first kappa shape index (κ1) is 20.3. The second-order valence-electron chi connectivity index (χ2n) is 7.11. The van der Waals surface area contributed by atoms with E-state index in [1.807, 2.05) is 22.6 Å². The lowest BCUT2D eigenvalue weighted by Crippen LogP contribution is -2.29. The van der Waals surface area contributed by atoms with Gasteiger partial charge in [-0.25, -0.2) is 22.2 Å². The highest BCUT2D eigenvalue weighted by atomic mass is 127. The molecule has 3 aromatic rings. The molecule has 2 aromatic carbocycles. The van der Waals surface area contributed by atoms with E-state index < -0.39 is 26.4 Å². The van der Waals surface area contributed by atoms with Gasteiger partial charge in [0.2, 0.25) is 10.0 Å². The average molecular weight is 530 g/mol. The van der Waals surface area contributed by atoms with Crippen LogP contribution in [0.15, 0.2) is 47.7 Å². The van der Waals surface area contributed by atoms with Crippen molar-refractivity contribution in [3.63, 3.8) is 0 Å². The minimum absolute atomic E-state index is 0.0180. The molecule has 1 saturated carbocycles. The van der Waals surface area contributed by atoms with E-state index in [1.54, 1.807) is 18.2 Å². The number of nitrogens with one attached hydrogen (secondary N) is 1. The van der Waals surface area contributed by atoms with Crippen molar-refractivity contribution in [2.24, 2.45) is 0 Å². The molecule has 152 valence electrons. The molecule has 0 unspecified atom stereocenters. The Balaban J connectivity index is 1.80. The summed E-state index contributed by atoms with van der Waals surface area (Å²) < 4.78 is 63.0. The van der Waals surface area contributed by atoms with Crippen molar-refractivity contribution in [3.8, 4) is 0 Å². The average Bonchev–Trinajstić information content (AvgIpc) is 3.30. The van der Waals surface area contributed by atoms with Gasteiger partial charge in [0.15, 0.2) is 17.8 Å². The lowest BCUT2D eigenvalue weighted by molar-refractivity contribution is 0.582. The summed E-state index contributed by atoms with van der Waals surface area (Å²) in [4.78, 5) is 3.86. The van der Waals surface area contributed by atoms with Crippen molar-refractivity contribution in [1.82, 2.24) is 4.98 Å². The van der Waals surface area contributed by atoms with Gasteiger partial charge >= 0.3 is 0 Å². The number of hydrogen-bond donors (Lipinski definition) is 1. The van der Waals surface area contributed by atoms with Gasteiger partial charge in [-0.3, -0.25) is 4.72 Å². The van der Waals surface area contributed by atoms with Gasteiger partial charge in [0.25, 0.3) is 0 Å². The Morgan fingerprint density at radius 2 is 2.07 bits per heavy atom. The lowest BCUT2D eigenvalue weighted by Gasteiger charge is -2.19. The molecule has 0 atom stereocenters. The standard InChI is InChI=1S/C20H17F2IN2O3S/c1-2-5-20(6-7-20)29(26,27)25-16-10-17-19(24-11-28-17)18(22)14(16)8-12-3-4-13(23)9-15(12)21/h2-4,9-11,25H,1,5-8H2. The molecule has 0 saturated heterocycles. The number of halogens is 3. The fourth-order valence-electron chi connectivity index (χ4n) is 3.36. The zero-order valence-electron chi connectivity index (χ0n) is 15.2. The summed E-state index contributed by atoms with van der Waals surface area (Å²) in [5.41, 5.74) is 0.381. The molecular weight excluding hydrogens is 513 g/mol. The summed E-state index contributed by atoms with van der Waals surface area (Å²) in [6.45, 7) is 3.63. The number of hydrogen-bond acceptors (Lipinski definition) is 4. The third-order valence-electron chi connectivity index (χ3n) is 5.19. The Labute approximate surface area is 180 Å². The molecule has 1 aliphatic rings. The highest BCUT2D eigenvalue weighted by Gasteiger charge is 2.53. The lowest BCUT2D eigenvalue weighted by atomic mass is 10.0. The van der Waals surface area contributed by atoms with E-state index in [-0.39, 0.29) is 34.3 Å². The molecule has 0 bridgehead atoms. The predicted molar refractivity (Wildman–Crippen MR) is 115 cm³/mol. The van der Waals surface area contributed by atoms with E-state index in [2.05, 4.69) is 16.3 Å². The van der Waals surface area contributed by atoms with Crippen LogP contribution in [0.25, 0.3) is 11.1 Å². The maximum absolute atomic E-state index is 15.2. The zero-order chi connectivity index (χ0) is 20.8. The van der Waals surface area contributed by atoms with Crippen LogP contribution in [-0.4, -0.2) is 18.1 Å². The SMILES string of the molecule is C=CCC1(S(=O)(=O)Nc2cc3ocnc3c(F)c2Cc2ccc(I)cc2F)CC1. The highest BCUT2D eigenvalue weighted by molar-refractivity contribution is 14.1. The Morgan fingerprint density at radius 3 is 2.72 bits per heavy atom. The van der Waals surface area contributed by atoms with Gasteiger partial charge in [-0.05, 0) is 59.5 Å². The van der Waals surface area contributed by atoms with Crippen LogP contribution in [0.2, 0.25) is 0 Å². The first-order valence-corrected chi connectivity index (χ1v) is 11.4. The number of sulfonamides is 1. The van der Waals surface area contributed by atoms with Crippen LogP contribution < -0.4 is 4.72 Å². The molecule has 1 heterocycles. The Morgan fingerprint density at radius 1 is 1.31 bits per heavy atom. The van der Waals surface area contributed by atoms with Crippen molar-refractivity contribution >= 4 is 49.4 Å². The minimum atomic E-state index is -3.81. The number of nitrogens with zero attached hydrogens (tertiary/aromatic N) is 1. The van der Waals surface area contributed by atoms with Crippen LogP contribution in [0.3, 0.4) is 0 Å². The zero-order valence-corrected chi connectivity index (χ0v) is 18.2. The number of fused-ring (bicyclic) bond motifs is 1. The van der Waals surface area contributed by atoms with Gasteiger partial charge in [0, 0.05) is 21.6 Å². The maximum atomic E-state index is 15.2. The van der Waals surface area contributed by atoms with Crippen molar-refractivity contribution in [2.75, 3.05) is 4.72 Å². The van der Waals surface area contributed by atoms with Crippen molar-refractivity contribution < 1.29 is 21.6 Å². The molecule has 9 heteroatoms. The molecule has 1 aliphatic carbocycles. The van der Waals surface area contributed by atoms with Crippen LogP contribution in [-0.2, 0) is 16.4 Å². The number of aromatic nitrogens is 1. The first-order chi connectivity index (χ1) is 13.8.